The second-order valence-corrected chi connectivity index (χ2v) is 4.47. The molecular weight excluding hydrogens is 214 g/mol. The van der Waals surface area contributed by atoms with Gasteiger partial charge < -0.3 is 10.1 Å². The van der Waals surface area contributed by atoms with Gasteiger partial charge in [-0.3, -0.25) is 0 Å². The fraction of sp³-hybridized carbons (Fsp3) is 0.692. The van der Waals surface area contributed by atoms with Crippen molar-refractivity contribution in [3.63, 3.8) is 0 Å². The van der Waals surface area contributed by atoms with Crippen LogP contribution in [0, 0.1) is 0 Å². The quantitative estimate of drug-likeness (QED) is 0.871. The van der Waals surface area contributed by atoms with Crippen LogP contribution in [0.2, 0.25) is 0 Å². The van der Waals surface area contributed by atoms with Gasteiger partial charge in [-0.25, -0.2) is 4.98 Å². The van der Waals surface area contributed by atoms with Crippen LogP contribution in [0.3, 0.4) is 0 Å². The minimum Gasteiger partial charge on any atom is -0.478 e. The second-order valence-electron chi connectivity index (χ2n) is 4.47. The monoisotopic (exact) mass is 235 g/mol. The Hall–Kier alpha value is -1.32. The molecular formula is C13H21N3O. The van der Waals surface area contributed by atoms with Gasteiger partial charge in [0.1, 0.15) is 11.6 Å². The number of anilines is 1. The van der Waals surface area contributed by atoms with E-state index in [1.165, 1.54) is 32.1 Å². The Kier molecular flexibility index (Phi) is 4.18. The molecule has 4 heteroatoms. The molecule has 0 saturated heterocycles. The Bertz CT molecular complexity index is 362. The number of aromatic nitrogens is 2. The van der Waals surface area contributed by atoms with Gasteiger partial charge in [0.2, 0.25) is 5.88 Å². The van der Waals surface area contributed by atoms with Crippen LogP contribution in [0.1, 0.15) is 50.8 Å². The van der Waals surface area contributed by atoms with E-state index < -0.39 is 0 Å². The van der Waals surface area contributed by atoms with Crippen LogP contribution in [0.25, 0.3) is 0 Å². The van der Waals surface area contributed by atoms with Gasteiger partial charge in [0.05, 0.1) is 6.61 Å². The van der Waals surface area contributed by atoms with E-state index in [1.807, 2.05) is 20.0 Å². The van der Waals surface area contributed by atoms with Crippen LogP contribution < -0.4 is 10.1 Å². The lowest BCUT2D eigenvalue weighted by Gasteiger charge is -2.21. The van der Waals surface area contributed by atoms with Crippen molar-refractivity contribution in [2.75, 3.05) is 19.0 Å². The number of ether oxygens (including phenoxy) is 1. The van der Waals surface area contributed by atoms with Gasteiger partial charge >= 0.3 is 0 Å². The molecule has 0 aliphatic heterocycles. The average Bonchev–Trinajstić information content (AvgIpc) is 2.40. The first-order valence-corrected chi connectivity index (χ1v) is 6.53. The van der Waals surface area contributed by atoms with Crippen LogP contribution in [0.4, 0.5) is 5.82 Å². The molecule has 0 aromatic carbocycles. The van der Waals surface area contributed by atoms with Gasteiger partial charge in [-0.05, 0) is 19.8 Å². The first kappa shape index (κ1) is 12.1. The molecule has 0 amide bonds. The highest BCUT2D eigenvalue weighted by molar-refractivity contribution is 5.38. The van der Waals surface area contributed by atoms with Crippen molar-refractivity contribution in [3.8, 4) is 5.88 Å². The normalized spacial score (nSPS) is 16.8. The molecule has 0 spiro atoms. The summed E-state index contributed by atoms with van der Waals surface area (Å²) >= 11 is 0. The largest absolute Gasteiger partial charge is 0.478 e. The molecule has 1 aromatic rings. The van der Waals surface area contributed by atoms with Crippen molar-refractivity contribution in [1.29, 1.82) is 0 Å². The second kappa shape index (κ2) is 5.84. The highest BCUT2D eigenvalue weighted by Crippen LogP contribution is 2.32. The fourth-order valence-electron chi connectivity index (χ4n) is 2.34. The number of hydrogen-bond donors (Lipinski definition) is 1. The molecule has 0 bridgehead atoms. The van der Waals surface area contributed by atoms with E-state index in [-0.39, 0.29) is 0 Å². The van der Waals surface area contributed by atoms with Gasteiger partial charge in [-0.1, -0.05) is 19.3 Å². The Morgan fingerprint density at radius 3 is 2.71 bits per heavy atom. The summed E-state index contributed by atoms with van der Waals surface area (Å²) in [5.74, 6) is 2.99. The molecule has 2 rings (SSSR count). The van der Waals surface area contributed by atoms with Crippen LogP contribution in [0.15, 0.2) is 6.07 Å². The van der Waals surface area contributed by atoms with Gasteiger partial charge in [0.25, 0.3) is 0 Å². The Labute approximate surface area is 103 Å². The van der Waals surface area contributed by atoms with Crippen LogP contribution in [-0.4, -0.2) is 23.6 Å². The lowest BCUT2D eigenvalue weighted by Crippen LogP contribution is -2.11. The maximum atomic E-state index is 5.49. The van der Waals surface area contributed by atoms with Crippen LogP contribution in [0.5, 0.6) is 5.88 Å². The first-order valence-electron chi connectivity index (χ1n) is 6.53. The van der Waals surface area contributed by atoms with E-state index in [9.17, 15) is 0 Å². The summed E-state index contributed by atoms with van der Waals surface area (Å²) in [7, 11) is 1.88. The maximum absolute atomic E-state index is 5.49. The summed E-state index contributed by atoms with van der Waals surface area (Å²) < 4.78 is 5.49. The molecule has 17 heavy (non-hydrogen) atoms. The number of nitrogens with one attached hydrogen (secondary N) is 1. The molecule has 1 aliphatic rings. The van der Waals surface area contributed by atoms with Crippen LogP contribution >= 0.6 is 0 Å². The third kappa shape index (κ3) is 3.08. The lowest BCUT2D eigenvalue weighted by atomic mass is 9.89. The predicted octanol–water partition coefficient (Wildman–Crippen LogP) is 2.96. The zero-order chi connectivity index (χ0) is 12.1. The highest BCUT2D eigenvalue weighted by Gasteiger charge is 2.19. The highest BCUT2D eigenvalue weighted by atomic mass is 16.5. The summed E-state index contributed by atoms with van der Waals surface area (Å²) in [6.45, 7) is 2.62. The molecule has 1 aliphatic carbocycles. The van der Waals surface area contributed by atoms with Crippen molar-refractivity contribution < 1.29 is 4.74 Å². The van der Waals surface area contributed by atoms with Crippen molar-refractivity contribution in [1.82, 2.24) is 9.97 Å². The summed E-state index contributed by atoms with van der Waals surface area (Å²) in [5, 5.41) is 3.07. The van der Waals surface area contributed by atoms with E-state index in [4.69, 9.17) is 4.74 Å². The minimum atomic E-state index is 0.510. The van der Waals surface area contributed by atoms with Gasteiger partial charge in [0.15, 0.2) is 0 Å². The zero-order valence-electron chi connectivity index (χ0n) is 10.7. The standard InChI is InChI=1S/C13H21N3O/c1-3-17-12-9-11(14-2)15-13(16-12)10-7-5-4-6-8-10/h9-10H,3-8H2,1-2H3,(H,14,15,16). The molecule has 1 fully saturated rings. The molecule has 0 unspecified atom stereocenters. The zero-order valence-corrected chi connectivity index (χ0v) is 10.7. The van der Waals surface area contributed by atoms with E-state index >= 15 is 0 Å². The average molecular weight is 235 g/mol. The number of nitrogens with zero attached hydrogens (tertiary/aromatic N) is 2. The van der Waals surface area contributed by atoms with E-state index in [2.05, 4.69) is 15.3 Å². The third-order valence-electron chi connectivity index (χ3n) is 3.24. The van der Waals surface area contributed by atoms with Crippen molar-refractivity contribution in [2.45, 2.75) is 44.9 Å². The SMILES string of the molecule is CCOc1cc(NC)nc(C2CCCCC2)n1. The first-order chi connectivity index (χ1) is 8.33. The Morgan fingerprint density at radius 1 is 1.29 bits per heavy atom. The third-order valence-corrected chi connectivity index (χ3v) is 3.24. The number of hydrogen-bond acceptors (Lipinski definition) is 4. The van der Waals surface area contributed by atoms with Crippen LogP contribution in [-0.2, 0) is 0 Å². The number of rotatable bonds is 4. The summed E-state index contributed by atoms with van der Waals surface area (Å²) in [6.07, 6.45) is 6.35. The van der Waals surface area contributed by atoms with E-state index in [1.54, 1.807) is 0 Å². The molecule has 1 N–H and O–H groups in total. The Balaban J connectivity index is 2.21. The molecule has 0 radical (unpaired) electrons. The van der Waals surface area contributed by atoms with Gasteiger partial charge in [-0.2, -0.15) is 4.98 Å². The molecule has 94 valence electrons. The maximum Gasteiger partial charge on any atom is 0.218 e. The summed E-state index contributed by atoms with van der Waals surface area (Å²) in [5.41, 5.74) is 0. The topological polar surface area (TPSA) is 47.0 Å². The molecule has 1 aromatic heterocycles. The lowest BCUT2D eigenvalue weighted by molar-refractivity contribution is 0.322. The smallest absolute Gasteiger partial charge is 0.218 e. The molecule has 0 atom stereocenters. The van der Waals surface area contributed by atoms with Gasteiger partial charge in [-0.15, -0.1) is 0 Å². The Morgan fingerprint density at radius 2 is 2.06 bits per heavy atom. The molecule has 1 heterocycles. The molecule has 4 nitrogen and oxygen atoms in total. The fourth-order valence-corrected chi connectivity index (χ4v) is 2.34. The van der Waals surface area contributed by atoms with Crippen molar-refractivity contribution in [3.05, 3.63) is 11.9 Å². The molecule has 1 saturated carbocycles. The van der Waals surface area contributed by atoms with E-state index in [0.717, 1.165) is 11.6 Å². The van der Waals surface area contributed by atoms with Gasteiger partial charge in [0, 0.05) is 19.0 Å². The van der Waals surface area contributed by atoms with Crippen molar-refractivity contribution >= 4 is 5.82 Å². The summed E-state index contributed by atoms with van der Waals surface area (Å²) in [4.78, 5) is 9.08. The van der Waals surface area contributed by atoms with Crippen molar-refractivity contribution in [2.24, 2.45) is 0 Å². The summed E-state index contributed by atoms with van der Waals surface area (Å²) in [6, 6.07) is 1.86. The minimum absolute atomic E-state index is 0.510. The predicted molar refractivity (Wildman–Crippen MR) is 68.6 cm³/mol. The van der Waals surface area contributed by atoms with E-state index in [0.29, 0.717) is 18.4 Å².